The zero-order valence-corrected chi connectivity index (χ0v) is 8.43. The van der Waals surface area contributed by atoms with Gasteiger partial charge in [-0.1, -0.05) is 32.4 Å². The van der Waals surface area contributed by atoms with Gasteiger partial charge in [0.1, 0.15) is 10.7 Å². The van der Waals surface area contributed by atoms with E-state index in [4.69, 9.17) is 0 Å². The molecular weight excluding hydrogens is 242 g/mol. The fraction of sp³-hybridized carbons (Fsp3) is 0.250. The van der Waals surface area contributed by atoms with Gasteiger partial charge in [0.2, 0.25) is 0 Å². The largest absolute Gasteiger partial charge is 0.310 e. The van der Waals surface area contributed by atoms with E-state index in [-0.39, 0.29) is 24.1 Å². The summed E-state index contributed by atoms with van der Waals surface area (Å²) >= 11 is 0. The number of hydrogen-bond acceptors (Lipinski definition) is 0. The molecule has 0 bridgehead atoms. The number of hydrogen-bond donors (Lipinski definition) is 0. The van der Waals surface area contributed by atoms with Gasteiger partial charge in [-0.2, -0.15) is 0 Å². The number of aryl methyl sites for hydroxylation is 1. The Balaban J connectivity index is 3.39. The van der Waals surface area contributed by atoms with E-state index in [0.717, 1.165) is 6.07 Å². The molecular formula is C8H8F6S. The average Bonchev–Trinajstić information content (AvgIpc) is 2.00. The van der Waals surface area contributed by atoms with Crippen LogP contribution >= 0.6 is 10.2 Å². The van der Waals surface area contributed by atoms with Crippen LogP contribution in [0.3, 0.4) is 0 Å². The first-order valence-corrected chi connectivity index (χ1v) is 5.91. The van der Waals surface area contributed by atoms with E-state index >= 15 is 0 Å². The Morgan fingerprint density at radius 1 is 1.07 bits per heavy atom. The molecule has 0 N–H and O–H groups in total. The van der Waals surface area contributed by atoms with Crippen LogP contribution in [0.4, 0.5) is 23.8 Å². The molecule has 0 spiro atoms. The summed E-state index contributed by atoms with van der Waals surface area (Å²) < 4.78 is 73.9. The Morgan fingerprint density at radius 2 is 1.60 bits per heavy atom. The van der Waals surface area contributed by atoms with Crippen molar-refractivity contribution in [2.45, 2.75) is 18.2 Å². The van der Waals surface area contributed by atoms with Crippen molar-refractivity contribution in [3.05, 3.63) is 29.6 Å². The van der Waals surface area contributed by atoms with Crippen LogP contribution in [-0.2, 0) is 6.42 Å². The summed E-state index contributed by atoms with van der Waals surface area (Å²) in [5, 5.41) is 0. The van der Waals surface area contributed by atoms with E-state index in [1.54, 1.807) is 0 Å². The summed E-state index contributed by atoms with van der Waals surface area (Å²) in [6.07, 6.45) is 0.145. The minimum absolute atomic E-state index is 0.0272. The van der Waals surface area contributed by atoms with Gasteiger partial charge < -0.3 is 0 Å². The zero-order chi connectivity index (χ0) is 12.0. The summed E-state index contributed by atoms with van der Waals surface area (Å²) in [4.78, 5) is -2.19. The van der Waals surface area contributed by atoms with Crippen molar-refractivity contribution in [1.82, 2.24) is 0 Å². The summed E-state index contributed by atoms with van der Waals surface area (Å²) in [5.74, 6) is -1.26. The van der Waals surface area contributed by atoms with Gasteiger partial charge in [0.15, 0.2) is 0 Å². The molecule has 0 aliphatic carbocycles. The van der Waals surface area contributed by atoms with Crippen molar-refractivity contribution >= 4 is 10.2 Å². The Kier molecular flexibility index (Phi) is 2.15. The van der Waals surface area contributed by atoms with Gasteiger partial charge in [-0.15, -0.1) is 0 Å². The molecule has 88 valence electrons. The molecule has 0 atom stereocenters. The van der Waals surface area contributed by atoms with Crippen LogP contribution in [0, 0.1) is 5.82 Å². The molecule has 0 aliphatic rings. The first-order chi connectivity index (χ1) is 6.44. The lowest BCUT2D eigenvalue weighted by Gasteiger charge is -2.40. The molecule has 0 fully saturated rings. The highest BCUT2D eigenvalue weighted by molar-refractivity contribution is 8.45. The molecule has 0 unspecified atom stereocenters. The fourth-order valence-corrected chi connectivity index (χ4v) is 1.71. The zero-order valence-electron chi connectivity index (χ0n) is 7.62. The van der Waals surface area contributed by atoms with Crippen LogP contribution in [0.25, 0.3) is 0 Å². The molecule has 0 heterocycles. The molecule has 15 heavy (non-hydrogen) atoms. The van der Waals surface area contributed by atoms with Crippen LogP contribution in [0.5, 0.6) is 0 Å². The predicted octanol–water partition coefficient (Wildman–Crippen LogP) is 5.05. The molecule has 7 heteroatoms. The summed E-state index contributed by atoms with van der Waals surface area (Å²) in [7, 11) is -9.74. The van der Waals surface area contributed by atoms with Gasteiger partial charge in [0.25, 0.3) is 0 Å². The second kappa shape index (κ2) is 2.63. The Morgan fingerprint density at radius 3 is 1.93 bits per heavy atom. The minimum Gasteiger partial charge on any atom is -0.207 e. The monoisotopic (exact) mass is 250 g/mol. The van der Waals surface area contributed by atoms with Crippen LogP contribution in [-0.4, -0.2) is 0 Å². The van der Waals surface area contributed by atoms with Gasteiger partial charge in [0.05, 0.1) is 0 Å². The van der Waals surface area contributed by atoms with Crippen molar-refractivity contribution in [3.63, 3.8) is 0 Å². The second-order valence-electron chi connectivity index (χ2n) is 3.08. The van der Waals surface area contributed by atoms with E-state index in [9.17, 15) is 23.8 Å². The van der Waals surface area contributed by atoms with Crippen molar-refractivity contribution in [2.24, 2.45) is 0 Å². The van der Waals surface area contributed by atoms with Gasteiger partial charge >= 0.3 is 10.2 Å². The van der Waals surface area contributed by atoms with Crippen LogP contribution in [0.2, 0.25) is 0 Å². The topological polar surface area (TPSA) is 0 Å². The highest BCUT2D eigenvalue weighted by Gasteiger charge is 2.65. The fourth-order valence-electron chi connectivity index (χ4n) is 1.05. The minimum atomic E-state index is -9.74. The van der Waals surface area contributed by atoms with Crippen molar-refractivity contribution < 1.29 is 23.8 Å². The molecule has 0 saturated heterocycles. The Bertz CT molecular complexity index is 392. The van der Waals surface area contributed by atoms with E-state index in [0.29, 0.717) is 0 Å². The van der Waals surface area contributed by atoms with E-state index < -0.39 is 20.9 Å². The summed E-state index contributed by atoms with van der Waals surface area (Å²) in [6, 6.07) is 0.784. The smallest absolute Gasteiger partial charge is 0.207 e. The normalized spacial score (nSPS) is 17.0. The SMILES string of the molecule is CCc1ccc(S(F)(F)(F)(F)F)cc1F. The maximum atomic E-state index is 12.9. The van der Waals surface area contributed by atoms with Crippen molar-refractivity contribution in [1.29, 1.82) is 0 Å². The van der Waals surface area contributed by atoms with Crippen LogP contribution in [0.15, 0.2) is 23.1 Å². The lowest BCUT2D eigenvalue weighted by molar-refractivity contribution is 0.363. The molecule has 0 saturated carbocycles. The lowest BCUT2D eigenvalue weighted by atomic mass is 10.2. The quantitative estimate of drug-likeness (QED) is 0.644. The number of halogens is 6. The first-order valence-electron chi connectivity index (χ1n) is 3.96. The highest BCUT2D eigenvalue weighted by atomic mass is 32.5. The molecule has 1 aromatic rings. The molecule has 0 amide bonds. The van der Waals surface area contributed by atoms with Gasteiger partial charge in [0, 0.05) is 0 Å². The average molecular weight is 250 g/mol. The Labute approximate surface area is 82.6 Å². The van der Waals surface area contributed by atoms with Crippen LogP contribution in [0.1, 0.15) is 12.5 Å². The maximum Gasteiger partial charge on any atom is 0.310 e. The Hall–Kier alpha value is -0.850. The van der Waals surface area contributed by atoms with Gasteiger partial charge in [-0.05, 0) is 24.1 Å². The van der Waals surface area contributed by atoms with E-state index in [1.807, 2.05) is 0 Å². The maximum absolute atomic E-state index is 12.9. The molecule has 0 radical (unpaired) electrons. The molecule has 0 aliphatic heterocycles. The summed E-state index contributed by atoms with van der Waals surface area (Å²) in [6.45, 7) is 1.51. The second-order valence-corrected chi connectivity index (χ2v) is 5.49. The molecule has 1 aromatic carbocycles. The van der Waals surface area contributed by atoms with Crippen molar-refractivity contribution in [3.8, 4) is 0 Å². The highest BCUT2D eigenvalue weighted by Crippen LogP contribution is 3.02. The number of benzene rings is 1. The van der Waals surface area contributed by atoms with Crippen molar-refractivity contribution in [2.75, 3.05) is 0 Å². The third-order valence-electron chi connectivity index (χ3n) is 1.85. The molecule has 0 aromatic heterocycles. The van der Waals surface area contributed by atoms with Crippen LogP contribution < -0.4 is 0 Å². The van der Waals surface area contributed by atoms with Gasteiger partial charge in [-0.25, -0.2) is 4.39 Å². The first kappa shape index (κ1) is 12.2. The van der Waals surface area contributed by atoms with Gasteiger partial charge in [-0.3, -0.25) is 0 Å². The predicted molar refractivity (Wildman–Crippen MR) is 47.2 cm³/mol. The summed E-state index contributed by atoms with van der Waals surface area (Å²) in [5.41, 5.74) is -0.0272. The lowest BCUT2D eigenvalue weighted by Crippen LogP contribution is -2.07. The standard InChI is InChI=1S/C8H8F6S/c1-2-6-3-4-7(5-8(6)9)15(10,11,12,13)14/h3-5H,2H2,1H3. The molecule has 1 rings (SSSR count). The molecule has 0 nitrogen and oxygen atoms in total. The third-order valence-corrected chi connectivity index (χ3v) is 3.00. The number of rotatable bonds is 2. The van der Waals surface area contributed by atoms with E-state index in [1.165, 1.54) is 6.92 Å². The van der Waals surface area contributed by atoms with E-state index in [2.05, 4.69) is 0 Å². The third kappa shape index (κ3) is 2.80.